The van der Waals surface area contributed by atoms with Crippen molar-refractivity contribution in [3.8, 4) is 0 Å². The maximum atomic E-state index is 12.3. The van der Waals surface area contributed by atoms with Gasteiger partial charge in [0.2, 0.25) is 0 Å². The molecule has 3 nitrogen and oxygen atoms in total. The molecule has 21 heavy (non-hydrogen) atoms. The number of thioether (sulfide) groups is 1. The molecule has 0 amide bonds. The first-order chi connectivity index (χ1) is 9.90. The molecule has 2 N–H and O–H groups in total. The molecule has 1 aromatic carbocycles. The quantitative estimate of drug-likeness (QED) is 0.847. The standard InChI is InChI=1S/C14H19F3N2OS/c1-19(11-6-7-20-9-11)13(8-18)10-2-4-12(5-3-10)21-14(15,16)17/h2-5,11,13H,6-9,18H2,1H3. The lowest BCUT2D eigenvalue weighted by Crippen LogP contribution is -2.38. The van der Waals surface area contributed by atoms with Crippen LogP contribution in [0.2, 0.25) is 0 Å². The Kier molecular flexibility index (Phi) is 5.54. The van der Waals surface area contributed by atoms with E-state index in [-0.39, 0.29) is 22.7 Å². The summed E-state index contributed by atoms with van der Waals surface area (Å²) >= 11 is -0.102. The normalized spacial score (nSPS) is 21.0. The predicted octanol–water partition coefficient (Wildman–Crippen LogP) is 3.02. The molecule has 1 fully saturated rings. The zero-order valence-corrected chi connectivity index (χ0v) is 12.6. The van der Waals surface area contributed by atoms with E-state index in [1.165, 1.54) is 12.1 Å². The smallest absolute Gasteiger partial charge is 0.380 e. The molecular formula is C14H19F3N2OS. The summed E-state index contributed by atoms with van der Waals surface area (Å²) in [5, 5.41) is 0. The molecule has 0 radical (unpaired) electrons. The molecule has 0 bridgehead atoms. The highest BCUT2D eigenvalue weighted by Gasteiger charge is 2.30. The van der Waals surface area contributed by atoms with Crippen LogP contribution < -0.4 is 5.73 Å². The van der Waals surface area contributed by atoms with Crippen LogP contribution in [0.4, 0.5) is 13.2 Å². The van der Waals surface area contributed by atoms with E-state index in [0.29, 0.717) is 19.2 Å². The summed E-state index contributed by atoms with van der Waals surface area (Å²) in [4.78, 5) is 2.34. The zero-order valence-electron chi connectivity index (χ0n) is 11.8. The Balaban J connectivity index is 2.07. The number of nitrogens with zero attached hydrogens (tertiary/aromatic N) is 1. The second kappa shape index (κ2) is 7.00. The summed E-state index contributed by atoms with van der Waals surface area (Å²) in [7, 11) is 1.98. The number of hydrogen-bond donors (Lipinski definition) is 1. The third-order valence-corrected chi connectivity index (χ3v) is 4.43. The van der Waals surface area contributed by atoms with Gasteiger partial charge in [-0.05, 0) is 42.9 Å². The van der Waals surface area contributed by atoms with Crippen LogP contribution in [-0.4, -0.2) is 43.3 Å². The Labute approximate surface area is 126 Å². The van der Waals surface area contributed by atoms with Crippen LogP contribution in [0, 0.1) is 0 Å². The molecule has 0 spiro atoms. The van der Waals surface area contributed by atoms with Crippen LogP contribution in [0.3, 0.4) is 0 Å². The van der Waals surface area contributed by atoms with Gasteiger partial charge in [0.1, 0.15) is 0 Å². The Morgan fingerprint density at radius 3 is 2.52 bits per heavy atom. The highest BCUT2D eigenvalue weighted by atomic mass is 32.2. The van der Waals surface area contributed by atoms with Gasteiger partial charge in [0.05, 0.1) is 6.61 Å². The first kappa shape index (κ1) is 16.6. The molecule has 0 aliphatic carbocycles. The van der Waals surface area contributed by atoms with Crippen molar-refractivity contribution in [1.29, 1.82) is 0 Å². The molecule has 2 atom stereocenters. The van der Waals surface area contributed by atoms with Crippen LogP contribution in [0.25, 0.3) is 0 Å². The van der Waals surface area contributed by atoms with Gasteiger partial charge in [-0.15, -0.1) is 0 Å². The lowest BCUT2D eigenvalue weighted by atomic mass is 10.0. The van der Waals surface area contributed by atoms with E-state index in [1.54, 1.807) is 12.1 Å². The Bertz CT molecular complexity index is 447. The van der Waals surface area contributed by atoms with Crippen LogP contribution in [-0.2, 0) is 4.74 Å². The summed E-state index contributed by atoms with van der Waals surface area (Å²) < 4.78 is 42.3. The van der Waals surface area contributed by atoms with Crippen molar-refractivity contribution in [2.45, 2.75) is 28.9 Å². The van der Waals surface area contributed by atoms with Crippen molar-refractivity contribution in [1.82, 2.24) is 4.90 Å². The third kappa shape index (κ3) is 4.60. The molecule has 7 heteroatoms. The van der Waals surface area contributed by atoms with Gasteiger partial charge in [0.15, 0.2) is 0 Å². The lowest BCUT2D eigenvalue weighted by molar-refractivity contribution is -0.0328. The average Bonchev–Trinajstić information content (AvgIpc) is 2.93. The second-order valence-electron chi connectivity index (χ2n) is 5.05. The first-order valence-electron chi connectivity index (χ1n) is 6.76. The van der Waals surface area contributed by atoms with Crippen LogP contribution in [0.1, 0.15) is 18.0 Å². The Morgan fingerprint density at radius 2 is 2.05 bits per heavy atom. The monoisotopic (exact) mass is 320 g/mol. The first-order valence-corrected chi connectivity index (χ1v) is 7.58. The number of alkyl halides is 3. The molecule has 1 aromatic rings. The number of rotatable bonds is 5. The van der Waals surface area contributed by atoms with Gasteiger partial charge in [-0.25, -0.2) is 0 Å². The highest BCUT2D eigenvalue weighted by molar-refractivity contribution is 8.00. The largest absolute Gasteiger partial charge is 0.446 e. The summed E-state index contributed by atoms with van der Waals surface area (Å²) in [5.41, 5.74) is 2.52. The van der Waals surface area contributed by atoms with Crippen molar-refractivity contribution < 1.29 is 17.9 Å². The number of hydrogen-bond acceptors (Lipinski definition) is 4. The van der Waals surface area contributed by atoms with Gasteiger partial charge in [-0.2, -0.15) is 13.2 Å². The Morgan fingerprint density at radius 1 is 1.38 bits per heavy atom. The van der Waals surface area contributed by atoms with Gasteiger partial charge >= 0.3 is 5.51 Å². The van der Waals surface area contributed by atoms with Crippen molar-refractivity contribution in [3.05, 3.63) is 29.8 Å². The predicted molar refractivity (Wildman–Crippen MR) is 77.1 cm³/mol. The summed E-state index contributed by atoms with van der Waals surface area (Å²) in [5.74, 6) is 0. The molecule has 1 heterocycles. The van der Waals surface area contributed by atoms with Crippen molar-refractivity contribution in [3.63, 3.8) is 0 Å². The zero-order chi connectivity index (χ0) is 15.5. The fourth-order valence-electron chi connectivity index (χ4n) is 2.53. The van der Waals surface area contributed by atoms with E-state index in [2.05, 4.69) is 4.90 Å². The topological polar surface area (TPSA) is 38.5 Å². The number of ether oxygens (including phenoxy) is 1. The average molecular weight is 320 g/mol. The van der Waals surface area contributed by atoms with Crippen molar-refractivity contribution in [2.75, 3.05) is 26.8 Å². The minimum Gasteiger partial charge on any atom is -0.380 e. The van der Waals surface area contributed by atoms with Gasteiger partial charge in [0, 0.05) is 30.1 Å². The highest BCUT2D eigenvalue weighted by Crippen LogP contribution is 2.37. The van der Waals surface area contributed by atoms with Gasteiger partial charge in [0.25, 0.3) is 0 Å². The van der Waals surface area contributed by atoms with Gasteiger partial charge in [-0.1, -0.05) is 12.1 Å². The van der Waals surface area contributed by atoms with Crippen LogP contribution in [0.5, 0.6) is 0 Å². The second-order valence-corrected chi connectivity index (χ2v) is 6.19. The Hall–Kier alpha value is -0.760. The third-order valence-electron chi connectivity index (χ3n) is 3.69. The molecule has 1 saturated heterocycles. The van der Waals surface area contributed by atoms with E-state index in [4.69, 9.17) is 10.5 Å². The van der Waals surface area contributed by atoms with E-state index < -0.39 is 5.51 Å². The maximum absolute atomic E-state index is 12.3. The lowest BCUT2D eigenvalue weighted by Gasteiger charge is -2.31. The van der Waals surface area contributed by atoms with Crippen LogP contribution >= 0.6 is 11.8 Å². The maximum Gasteiger partial charge on any atom is 0.446 e. The van der Waals surface area contributed by atoms with Gasteiger partial charge < -0.3 is 10.5 Å². The molecule has 2 unspecified atom stereocenters. The number of nitrogens with two attached hydrogens (primary N) is 1. The summed E-state index contributed by atoms with van der Waals surface area (Å²) in [6, 6.07) is 6.73. The summed E-state index contributed by atoms with van der Waals surface area (Å²) in [6.45, 7) is 1.83. The van der Waals surface area contributed by atoms with E-state index in [1.807, 2.05) is 7.05 Å². The molecule has 0 saturated carbocycles. The number of likely N-dealkylation sites (N-methyl/N-ethyl adjacent to an activating group) is 1. The minimum atomic E-state index is -4.26. The van der Waals surface area contributed by atoms with Crippen LogP contribution in [0.15, 0.2) is 29.2 Å². The number of halogens is 3. The molecule has 2 rings (SSSR count). The minimum absolute atomic E-state index is 0.0124. The van der Waals surface area contributed by atoms with Crippen molar-refractivity contribution >= 4 is 11.8 Å². The number of benzene rings is 1. The summed E-state index contributed by atoms with van der Waals surface area (Å²) in [6.07, 6.45) is 0.953. The SMILES string of the molecule is CN(C1CCOC1)C(CN)c1ccc(SC(F)(F)F)cc1. The van der Waals surface area contributed by atoms with E-state index in [9.17, 15) is 13.2 Å². The van der Waals surface area contributed by atoms with E-state index in [0.717, 1.165) is 18.6 Å². The molecular weight excluding hydrogens is 301 g/mol. The fourth-order valence-corrected chi connectivity index (χ4v) is 3.07. The fraction of sp³-hybridized carbons (Fsp3) is 0.571. The molecule has 1 aliphatic heterocycles. The molecule has 0 aromatic heterocycles. The van der Waals surface area contributed by atoms with E-state index >= 15 is 0 Å². The van der Waals surface area contributed by atoms with Crippen molar-refractivity contribution in [2.24, 2.45) is 5.73 Å². The molecule has 118 valence electrons. The molecule has 1 aliphatic rings. The van der Waals surface area contributed by atoms with Gasteiger partial charge in [-0.3, -0.25) is 4.90 Å².